The average molecular weight is 249 g/mol. The molecule has 0 spiro atoms. The fourth-order valence-corrected chi connectivity index (χ4v) is 1.93. The van der Waals surface area contributed by atoms with Gasteiger partial charge in [-0.1, -0.05) is 19.1 Å². The molecular weight excluding hydrogens is 238 g/mol. The molecule has 0 aromatic heterocycles. The number of carbonyl (C=O) groups excluding carboxylic acids is 2. The molecule has 1 aromatic rings. The molecule has 1 aromatic carbocycles. The van der Waals surface area contributed by atoms with Crippen LogP contribution in [0.1, 0.15) is 34.1 Å². The van der Waals surface area contributed by atoms with Crippen molar-refractivity contribution in [2.45, 2.75) is 19.1 Å². The number of aliphatic carboxylic acids is 1. The van der Waals surface area contributed by atoms with Crippen LogP contribution in [0.2, 0.25) is 0 Å². The van der Waals surface area contributed by atoms with E-state index in [4.69, 9.17) is 5.11 Å². The van der Waals surface area contributed by atoms with E-state index in [9.17, 15) is 19.5 Å². The van der Waals surface area contributed by atoms with Crippen molar-refractivity contribution in [3.63, 3.8) is 0 Å². The Morgan fingerprint density at radius 3 is 2.00 bits per heavy atom. The Morgan fingerprint density at radius 2 is 1.67 bits per heavy atom. The summed E-state index contributed by atoms with van der Waals surface area (Å²) in [5.74, 6) is -3.20. The Balaban J connectivity index is 2.55. The second kappa shape index (κ2) is 3.92. The SMILES string of the molecule is CC[C@](O)(C(=O)O)N1C(=O)c2ccccc2C1=O. The Labute approximate surface area is 102 Å². The molecule has 6 heteroatoms. The lowest BCUT2D eigenvalue weighted by atomic mass is 10.1. The predicted molar refractivity (Wildman–Crippen MR) is 59.8 cm³/mol. The summed E-state index contributed by atoms with van der Waals surface area (Å²) in [4.78, 5) is 35.5. The highest BCUT2D eigenvalue weighted by molar-refractivity contribution is 6.23. The van der Waals surface area contributed by atoms with Crippen LogP contribution in [0.5, 0.6) is 0 Å². The smallest absolute Gasteiger partial charge is 0.357 e. The van der Waals surface area contributed by atoms with E-state index in [0.29, 0.717) is 4.90 Å². The van der Waals surface area contributed by atoms with Crippen LogP contribution >= 0.6 is 0 Å². The molecule has 0 fully saturated rings. The highest BCUT2D eigenvalue weighted by Crippen LogP contribution is 2.30. The molecule has 0 saturated heterocycles. The summed E-state index contributed by atoms with van der Waals surface area (Å²) in [7, 11) is 0. The number of fused-ring (bicyclic) bond motifs is 1. The first-order valence-corrected chi connectivity index (χ1v) is 5.37. The first kappa shape index (κ1) is 12.3. The minimum absolute atomic E-state index is 0.107. The normalized spacial score (nSPS) is 17.6. The zero-order valence-corrected chi connectivity index (χ0v) is 9.58. The summed E-state index contributed by atoms with van der Waals surface area (Å²) in [5.41, 5.74) is -2.29. The first-order chi connectivity index (χ1) is 8.43. The van der Waals surface area contributed by atoms with E-state index in [0.717, 1.165) is 0 Å². The van der Waals surface area contributed by atoms with Crippen LogP contribution in [0.25, 0.3) is 0 Å². The molecule has 0 radical (unpaired) electrons. The van der Waals surface area contributed by atoms with Gasteiger partial charge in [-0.05, 0) is 12.1 Å². The summed E-state index contributed by atoms with van der Waals surface area (Å²) in [6.45, 7) is 1.39. The molecule has 94 valence electrons. The van der Waals surface area contributed by atoms with E-state index in [1.54, 1.807) is 12.1 Å². The standard InChI is InChI=1S/C12H11NO5/c1-2-12(18,11(16)17)13-9(14)7-5-3-4-6-8(7)10(13)15/h3-6,18H,2H2,1H3,(H,16,17)/t12-/m0/s1. The number of carbonyl (C=O) groups is 3. The van der Waals surface area contributed by atoms with Gasteiger partial charge >= 0.3 is 5.97 Å². The Hall–Kier alpha value is -2.21. The predicted octanol–water partition coefficient (Wildman–Crippen LogP) is 0.466. The van der Waals surface area contributed by atoms with Gasteiger partial charge in [-0.2, -0.15) is 0 Å². The van der Waals surface area contributed by atoms with Crippen molar-refractivity contribution >= 4 is 17.8 Å². The number of hydrogen-bond donors (Lipinski definition) is 2. The number of rotatable bonds is 3. The number of amides is 2. The van der Waals surface area contributed by atoms with Crippen LogP contribution < -0.4 is 0 Å². The summed E-state index contributed by atoms with van der Waals surface area (Å²) in [6.07, 6.45) is -0.284. The summed E-state index contributed by atoms with van der Waals surface area (Å²) in [5, 5.41) is 19.0. The highest BCUT2D eigenvalue weighted by atomic mass is 16.4. The third kappa shape index (κ3) is 1.42. The van der Waals surface area contributed by atoms with Gasteiger partial charge in [-0.3, -0.25) is 9.59 Å². The molecule has 0 aliphatic carbocycles. The lowest BCUT2D eigenvalue weighted by molar-refractivity contribution is -0.172. The molecule has 6 nitrogen and oxygen atoms in total. The molecular formula is C12H11NO5. The van der Waals surface area contributed by atoms with E-state index in [1.807, 2.05) is 0 Å². The van der Waals surface area contributed by atoms with Gasteiger partial charge in [0, 0.05) is 6.42 Å². The number of aliphatic hydroxyl groups is 1. The Bertz CT molecular complexity index is 518. The van der Waals surface area contributed by atoms with Crippen molar-refractivity contribution in [1.29, 1.82) is 0 Å². The topological polar surface area (TPSA) is 94.9 Å². The van der Waals surface area contributed by atoms with Crippen LogP contribution in [0.4, 0.5) is 0 Å². The molecule has 2 rings (SSSR count). The first-order valence-electron chi connectivity index (χ1n) is 5.37. The molecule has 1 heterocycles. The van der Waals surface area contributed by atoms with Gasteiger partial charge in [0.05, 0.1) is 11.1 Å². The van der Waals surface area contributed by atoms with E-state index >= 15 is 0 Å². The number of hydrogen-bond acceptors (Lipinski definition) is 4. The highest BCUT2D eigenvalue weighted by Gasteiger charge is 2.51. The van der Waals surface area contributed by atoms with Crippen molar-refractivity contribution in [3.05, 3.63) is 35.4 Å². The number of nitrogens with zero attached hydrogens (tertiary/aromatic N) is 1. The van der Waals surface area contributed by atoms with Crippen LogP contribution in [0.15, 0.2) is 24.3 Å². The molecule has 1 aliphatic heterocycles. The van der Waals surface area contributed by atoms with Crippen molar-refractivity contribution in [3.8, 4) is 0 Å². The number of imide groups is 1. The van der Waals surface area contributed by atoms with Crippen LogP contribution in [-0.4, -0.2) is 38.6 Å². The van der Waals surface area contributed by atoms with Gasteiger partial charge in [-0.25, -0.2) is 9.69 Å². The van der Waals surface area contributed by atoms with Gasteiger partial charge in [-0.15, -0.1) is 0 Å². The number of carboxylic acids is 1. The number of carboxylic acid groups (broad SMARTS) is 1. The fraction of sp³-hybridized carbons (Fsp3) is 0.250. The molecule has 2 amide bonds. The van der Waals surface area contributed by atoms with Gasteiger partial charge in [0.2, 0.25) is 5.72 Å². The molecule has 0 saturated carbocycles. The van der Waals surface area contributed by atoms with Gasteiger partial charge in [0.25, 0.3) is 11.8 Å². The zero-order chi connectivity index (χ0) is 13.5. The van der Waals surface area contributed by atoms with Crippen molar-refractivity contribution in [2.24, 2.45) is 0 Å². The molecule has 1 aliphatic rings. The van der Waals surface area contributed by atoms with E-state index < -0.39 is 23.5 Å². The van der Waals surface area contributed by atoms with Gasteiger partial charge in [0.15, 0.2) is 0 Å². The van der Waals surface area contributed by atoms with Crippen LogP contribution in [0, 0.1) is 0 Å². The molecule has 0 bridgehead atoms. The second-order valence-electron chi connectivity index (χ2n) is 3.97. The monoisotopic (exact) mass is 249 g/mol. The van der Waals surface area contributed by atoms with Crippen molar-refractivity contribution < 1.29 is 24.6 Å². The van der Waals surface area contributed by atoms with E-state index in [-0.39, 0.29) is 17.5 Å². The minimum atomic E-state index is -2.51. The largest absolute Gasteiger partial charge is 0.478 e. The average Bonchev–Trinajstić information content (AvgIpc) is 2.62. The fourth-order valence-electron chi connectivity index (χ4n) is 1.93. The van der Waals surface area contributed by atoms with E-state index in [1.165, 1.54) is 19.1 Å². The summed E-state index contributed by atoms with van der Waals surface area (Å²) in [6, 6.07) is 5.99. The third-order valence-electron chi connectivity index (χ3n) is 3.00. The lowest BCUT2D eigenvalue weighted by Crippen LogP contribution is -2.56. The molecule has 1 atom stereocenters. The summed E-state index contributed by atoms with van der Waals surface area (Å²) >= 11 is 0. The van der Waals surface area contributed by atoms with Crippen LogP contribution in [-0.2, 0) is 4.79 Å². The lowest BCUT2D eigenvalue weighted by Gasteiger charge is -2.30. The van der Waals surface area contributed by atoms with E-state index in [2.05, 4.69) is 0 Å². The minimum Gasteiger partial charge on any atom is -0.478 e. The second-order valence-corrected chi connectivity index (χ2v) is 3.97. The Kier molecular flexibility index (Phi) is 2.67. The van der Waals surface area contributed by atoms with Crippen LogP contribution in [0.3, 0.4) is 0 Å². The maximum absolute atomic E-state index is 12.0. The quantitative estimate of drug-likeness (QED) is 0.759. The van der Waals surface area contributed by atoms with Crippen molar-refractivity contribution in [1.82, 2.24) is 4.90 Å². The Morgan fingerprint density at radius 1 is 1.22 bits per heavy atom. The molecule has 0 unspecified atom stereocenters. The maximum Gasteiger partial charge on any atom is 0.357 e. The summed E-state index contributed by atoms with van der Waals surface area (Å²) < 4.78 is 0. The van der Waals surface area contributed by atoms with Crippen molar-refractivity contribution in [2.75, 3.05) is 0 Å². The van der Waals surface area contributed by atoms with Gasteiger partial charge < -0.3 is 10.2 Å². The zero-order valence-electron chi connectivity index (χ0n) is 9.58. The van der Waals surface area contributed by atoms with Gasteiger partial charge in [0.1, 0.15) is 0 Å². The number of benzene rings is 1. The third-order valence-corrected chi connectivity index (χ3v) is 3.00. The molecule has 2 N–H and O–H groups in total. The molecule has 18 heavy (non-hydrogen) atoms. The maximum atomic E-state index is 12.0.